The number of alkyl carbamates (subject to hydrolysis) is 1. The van der Waals surface area contributed by atoms with E-state index >= 15 is 0 Å². The zero-order valence-corrected chi connectivity index (χ0v) is 18.7. The summed E-state index contributed by atoms with van der Waals surface area (Å²) >= 11 is 0. The molecular weight excluding hydrogens is 440 g/mol. The van der Waals surface area contributed by atoms with Crippen LogP contribution in [0.3, 0.4) is 0 Å². The van der Waals surface area contributed by atoms with Gasteiger partial charge in [-0.05, 0) is 41.5 Å². The van der Waals surface area contributed by atoms with Crippen LogP contribution in [-0.2, 0) is 23.9 Å². The Bertz CT molecular complexity index is 1070. The van der Waals surface area contributed by atoms with Crippen LogP contribution >= 0.6 is 0 Å². The Hall–Kier alpha value is -3.88. The maximum absolute atomic E-state index is 12.6. The van der Waals surface area contributed by atoms with E-state index in [4.69, 9.17) is 14.6 Å². The standard InChI is InChI=1S/C25H26N2O7/c1-2-33-24(31)21(22(28)26-12-14-11-19(14)23(29)30)27-25(32)34-13-20-17-9-5-3-7-15(17)16-8-4-6-10-18(16)20/h3-10,14,19-21H,2,11-13H2,1H3,(H,26,28)(H,27,32)(H,29,30). The highest BCUT2D eigenvalue weighted by Crippen LogP contribution is 2.44. The second-order valence-electron chi connectivity index (χ2n) is 8.34. The Kier molecular flexibility index (Phi) is 6.81. The summed E-state index contributed by atoms with van der Waals surface area (Å²) in [5.74, 6) is -3.48. The number of esters is 1. The highest BCUT2D eigenvalue weighted by molar-refractivity contribution is 6.04. The number of carboxylic acids is 1. The van der Waals surface area contributed by atoms with Gasteiger partial charge in [0, 0.05) is 12.5 Å². The quantitative estimate of drug-likeness (QED) is 0.382. The number of benzene rings is 2. The lowest BCUT2D eigenvalue weighted by Crippen LogP contribution is -2.52. The van der Waals surface area contributed by atoms with Crippen molar-refractivity contribution >= 4 is 23.9 Å². The van der Waals surface area contributed by atoms with Crippen LogP contribution in [-0.4, -0.2) is 54.8 Å². The molecule has 0 aliphatic heterocycles. The summed E-state index contributed by atoms with van der Waals surface area (Å²) in [6, 6.07) is 14.2. The van der Waals surface area contributed by atoms with Crippen molar-refractivity contribution in [2.45, 2.75) is 25.3 Å². The Morgan fingerprint density at radius 1 is 1.00 bits per heavy atom. The van der Waals surface area contributed by atoms with Crippen molar-refractivity contribution in [2.24, 2.45) is 11.8 Å². The van der Waals surface area contributed by atoms with Crippen molar-refractivity contribution in [1.82, 2.24) is 10.6 Å². The molecule has 1 saturated carbocycles. The van der Waals surface area contributed by atoms with E-state index in [1.807, 2.05) is 48.5 Å². The molecule has 0 saturated heterocycles. The molecule has 2 aliphatic carbocycles. The minimum Gasteiger partial charge on any atom is -0.481 e. The first kappa shape index (κ1) is 23.3. The van der Waals surface area contributed by atoms with Crippen molar-refractivity contribution in [2.75, 3.05) is 19.8 Å². The zero-order chi connectivity index (χ0) is 24.2. The first-order valence-corrected chi connectivity index (χ1v) is 11.2. The molecule has 0 heterocycles. The van der Waals surface area contributed by atoms with Gasteiger partial charge >= 0.3 is 18.0 Å². The molecule has 2 amide bonds. The minimum absolute atomic E-state index is 0.0265. The highest BCUT2D eigenvalue weighted by atomic mass is 16.6. The van der Waals surface area contributed by atoms with Crippen molar-refractivity contribution in [3.63, 3.8) is 0 Å². The summed E-state index contributed by atoms with van der Waals surface area (Å²) in [7, 11) is 0. The van der Waals surface area contributed by atoms with Crippen LogP contribution in [0.15, 0.2) is 48.5 Å². The van der Waals surface area contributed by atoms with Gasteiger partial charge in [-0.15, -0.1) is 0 Å². The van der Waals surface area contributed by atoms with Crippen molar-refractivity contribution < 1.29 is 33.8 Å². The van der Waals surface area contributed by atoms with Gasteiger partial charge in [0.1, 0.15) is 6.61 Å². The van der Waals surface area contributed by atoms with Crippen LogP contribution in [0.25, 0.3) is 11.1 Å². The van der Waals surface area contributed by atoms with Gasteiger partial charge in [-0.3, -0.25) is 14.9 Å². The lowest BCUT2D eigenvalue weighted by atomic mass is 9.98. The molecule has 3 atom stereocenters. The first-order valence-electron chi connectivity index (χ1n) is 11.2. The predicted molar refractivity (Wildman–Crippen MR) is 121 cm³/mol. The molecule has 2 aromatic rings. The van der Waals surface area contributed by atoms with E-state index in [-0.39, 0.29) is 31.6 Å². The number of hydrogen-bond acceptors (Lipinski definition) is 6. The lowest BCUT2D eigenvalue weighted by Gasteiger charge is -2.18. The summed E-state index contributed by atoms with van der Waals surface area (Å²) in [6.45, 7) is 1.73. The third kappa shape index (κ3) is 4.88. The number of nitrogens with one attached hydrogen (secondary N) is 2. The zero-order valence-electron chi connectivity index (χ0n) is 18.7. The number of carbonyl (C=O) groups is 4. The minimum atomic E-state index is -1.60. The molecule has 3 unspecified atom stereocenters. The number of carbonyl (C=O) groups excluding carboxylic acids is 3. The Balaban J connectivity index is 1.38. The molecule has 178 valence electrons. The molecule has 1 fully saturated rings. The van der Waals surface area contributed by atoms with E-state index in [1.165, 1.54) is 0 Å². The molecule has 9 heteroatoms. The van der Waals surface area contributed by atoms with Crippen LogP contribution in [0, 0.1) is 11.8 Å². The van der Waals surface area contributed by atoms with E-state index in [0.717, 1.165) is 22.3 Å². The first-order chi connectivity index (χ1) is 16.4. The smallest absolute Gasteiger partial charge is 0.408 e. The van der Waals surface area contributed by atoms with Crippen LogP contribution in [0.2, 0.25) is 0 Å². The number of aliphatic carboxylic acids is 1. The molecule has 9 nitrogen and oxygen atoms in total. The maximum Gasteiger partial charge on any atom is 0.408 e. The van der Waals surface area contributed by atoms with E-state index in [9.17, 15) is 19.2 Å². The summed E-state index contributed by atoms with van der Waals surface area (Å²) in [5, 5.41) is 13.8. The molecule has 0 spiro atoms. The lowest BCUT2D eigenvalue weighted by molar-refractivity contribution is -0.149. The van der Waals surface area contributed by atoms with Crippen LogP contribution in [0.1, 0.15) is 30.4 Å². The van der Waals surface area contributed by atoms with E-state index < -0.39 is 35.9 Å². The van der Waals surface area contributed by atoms with Gasteiger partial charge in [0.25, 0.3) is 5.91 Å². The van der Waals surface area contributed by atoms with Crippen molar-refractivity contribution in [3.05, 3.63) is 59.7 Å². The normalized spacial score (nSPS) is 18.7. The van der Waals surface area contributed by atoms with Gasteiger partial charge in [-0.25, -0.2) is 9.59 Å². The average Bonchev–Trinajstić information content (AvgIpc) is 3.55. The fraction of sp³-hybridized carbons (Fsp3) is 0.360. The number of ether oxygens (including phenoxy) is 2. The van der Waals surface area contributed by atoms with Gasteiger partial charge in [0.05, 0.1) is 12.5 Å². The molecule has 2 aliphatic rings. The number of carboxylic acid groups (broad SMARTS) is 1. The van der Waals surface area contributed by atoms with Gasteiger partial charge < -0.3 is 19.9 Å². The summed E-state index contributed by atoms with van der Waals surface area (Å²) in [5.41, 5.74) is 4.23. The Morgan fingerprint density at radius 2 is 1.62 bits per heavy atom. The summed E-state index contributed by atoms with van der Waals surface area (Å²) in [4.78, 5) is 48.4. The summed E-state index contributed by atoms with van der Waals surface area (Å²) in [6.07, 6.45) is -0.468. The molecule has 4 rings (SSSR count). The second-order valence-corrected chi connectivity index (χ2v) is 8.34. The van der Waals surface area contributed by atoms with Gasteiger partial charge in [0.15, 0.2) is 0 Å². The summed E-state index contributed by atoms with van der Waals surface area (Å²) < 4.78 is 10.3. The van der Waals surface area contributed by atoms with Crippen LogP contribution in [0.4, 0.5) is 4.79 Å². The predicted octanol–water partition coefficient (Wildman–Crippen LogP) is 2.29. The number of amides is 2. The third-order valence-electron chi connectivity index (χ3n) is 6.17. The number of rotatable bonds is 9. The Morgan fingerprint density at radius 3 is 2.18 bits per heavy atom. The average molecular weight is 466 g/mol. The Labute approximate surface area is 196 Å². The molecule has 0 radical (unpaired) electrons. The molecule has 0 bridgehead atoms. The monoisotopic (exact) mass is 466 g/mol. The van der Waals surface area contributed by atoms with Crippen LogP contribution in [0.5, 0.6) is 0 Å². The largest absolute Gasteiger partial charge is 0.481 e. The van der Waals surface area contributed by atoms with Gasteiger partial charge in [-0.2, -0.15) is 0 Å². The topological polar surface area (TPSA) is 131 Å². The fourth-order valence-corrected chi connectivity index (χ4v) is 4.32. The van der Waals surface area contributed by atoms with Crippen molar-refractivity contribution in [3.8, 4) is 11.1 Å². The third-order valence-corrected chi connectivity index (χ3v) is 6.17. The number of fused-ring (bicyclic) bond motifs is 3. The second kappa shape index (κ2) is 9.94. The molecule has 34 heavy (non-hydrogen) atoms. The van der Waals surface area contributed by atoms with Crippen molar-refractivity contribution in [1.29, 1.82) is 0 Å². The van der Waals surface area contributed by atoms with Gasteiger partial charge in [-0.1, -0.05) is 48.5 Å². The molecule has 3 N–H and O–H groups in total. The number of hydrogen-bond donors (Lipinski definition) is 3. The van der Waals surface area contributed by atoms with E-state index in [0.29, 0.717) is 6.42 Å². The van der Waals surface area contributed by atoms with E-state index in [2.05, 4.69) is 10.6 Å². The van der Waals surface area contributed by atoms with Crippen LogP contribution < -0.4 is 10.6 Å². The molecular formula is C25H26N2O7. The van der Waals surface area contributed by atoms with Gasteiger partial charge in [0.2, 0.25) is 6.04 Å². The SMILES string of the molecule is CCOC(=O)C(NC(=O)OCC1c2ccccc2-c2ccccc21)C(=O)NCC1CC1C(=O)O. The molecule has 0 aromatic heterocycles. The highest BCUT2D eigenvalue weighted by Gasteiger charge is 2.43. The molecule has 2 aromatic carbocycles. The van der Waals surface area contributed by atoms with E-state index in [1.54, 1.807) is 6.92 Å². The fourth-order valence-electron chi connectivity index (χ4n) is 4.32. The maximum atomic E-state index is 12.6.